The Hall–Kier alpha value is -1.63. The molecule has 0 aromatic carbocycles. The van der Waals surface area contributed by atoms with E-state index in [0.29, 0.717) is 13.1 Å². The summed E-state index contributed by atoms with van der Waals surface area (Å²) in [7, 11) is 0. The van der Waals surface area contributed by atoms with Gasteiger partial charge in [-0.2, -0.15) is 0 Å². The number of imide groups is 1. The third-order valence-corrected chi connectivity index (χ3v) is 1.89. The van der Waals surface area contributed by atoms with E-state index in [1.807, 2.05) is 0 Å². The Balaban J connectivity index is 2.18. The number of nitrogens with zero attached hydrogens (tertiary/aromatic N) is 3. The minimum atomic E-state index is -0.735. The molecule has 8 heteroatoms. The molecule has 0 fully saturated rings. The van der Waals surface area contributed by atoms with Crippen LogP contribution in [0.15, 0.2) is 12.4 Å². The van der Waals surface area contributed by atoms with Gasteiger partial charge in [0.05, 0.1) is 12.7 Å². The summed E-state index contributed by atoms with van der Waals surface area (Å²) in [6.45, 7) is 2.32. The third kappa shape index (κ3) is 4.26. The summed E-state index contributed by atoms with van der Waals surface area (Å²) in [4.78, 5) is 22.2. The summed E-state index contributed by atoms with van der Waals surface area (Å²) in [5.74, 6) is -0.528. The fraction of sp³-hybridized carbons (Fsp3) is 0.500. The Labute approximate surface area is 97.1 Å². The van der Waals surface area contributed by atoms with Crippen LogP contribution in [0, 0.1) is 0 Å². The minimum absolute atomic E-state index is 0.346. The summed E-state index contributed by atoms with van der Waals surface area (Å²) >= 11 is 5.47. The van der Waals surface area contributed by atoms with Gasteiger partial charge >= 0.3 is 6.03 Å². The summed E-state index contributed by atoms with van der Waals surface area (Å²) in [6.07, 6.45) is 3.21. The Morgan fingerprint density at radius 1 is 1.56 bits per heavy atom. The maximum Gasteiger partial charge on any atom is 0.321 e. The van der Waals surface area contributed by atoms with Crippen molar-refractivity contribution in [1.82, 2.24) is 25.6 Å². The van der Waals surface area contributed by atoms with Crippen LogP contribution < -0.4 is 10.6 Å². The van der Waals surface area contributed by atoms with Crippen molar-refractivity contribution in [1.29, 1.82) is 0 Å². The highest BCUT2D eigenvalue weighted by atomic mass is 35.5. The zero-order chi connectivity index (χ0) is 12.0. The SMILES string of the molecule is CC(Cl)C(=O)NC(=O)NCCn1ccnn1. The van der Waals surface area contributed by atoms with Crippen LogP contribution in [0.4, 0.5) is 4.79 Å². The molecule has 0 aliphatic rings. The van der Waals surface area contributed by atoms with Gasteiger partial charge in [0, 0.05) is 12.7 Å². The maximum atomic E-state index is 11.1. The van der Waals surface area contributed by atoms with Crippen molar-refractivity contribution in [2.24, 2.45) is 0 Å². The molecule has 16 heavy (non-hydrogen) atoms. The Kier molecular flexibility index (Phi) is 4.71. The smallest absolute Gasteiger partial charge is 0.321 e. The molecule has 1 aromatic rings. The quantitative estimate of drug-likeness (QED) is 0.715. The van der Waals surface area contributed by atoms with Crippen molar-refractivity contribution in [3.8, 4) is 0 Å². The molecule has 1 aromatic heterocycles. The van der Waals surface area contributed by atoms with Gasteiger partial charge in [0.1, 0.15) is 5.38 Å². The van der Waals surface area contributed by atoms with Gasteiger partial charge in [-0.05, 0) is 6.92 Å². The Morgan fingerprint density at radius 3 is 2.88 bits per heavy atom. The molecule has 0 aliphatic carbocycles. The van der Waals surface area contributed by atoms with Crippen molar-refractivity contribution in [3.05, 3.63) is 12.4 Å². The van der Waals surface area contributed by atoms with Crippen LogP contribution in [0.5, 0.6) is 0 Å². The first-order chi connectivity index (χ1) is 7.59. The lowest BCUT2D eigenvalue weighted by molar-refractivity contribution is -0.119. The number of halogens is 1. The van der Waals surface area contributed by atoms with E-state index in [1.165, 1.54) is 6.92 Å². The van der Waals surface area contributed by atoms with E-state index in [-0.39, 0.29) is 0 Å². The van der Waals surface area contributed by atoms with Crippen LogP contribution in [-0.2, 0) is 11.3 Å². The van der Waals surface area contributed by atoms with Crippen molar-refractivity contribution >= 4 is 23.5 Å². The number of carbonyl (C=O) groups is 2. The molecule has 1 atom stereocenters. The molecule has 0 bridgehead atoms. The largest absolute Gasteiger partial charge is 0.336 e. The van der Waals surface area contributed by atoms with Crippen molar-refractivity contribution in [3.63, 3.8) is 0 Å². The number of nitrogens with one attached hydrogen (secondary N) is 2. The highest BCUT2D eigenvalue weighted by Crippen LogP contribution is 1.91. The standard InChI is InChI=1S/C8H12ClN5O2/c1-6(9)7(15)12-8(16)10-2-4-14-5-3-11-13-14/h3,5-6H,2,4H2,1H3,(H2,10,12,15,16). The molecule has 1 rings (SSSR count). The van der Waals surface area contributed by atoms with E-state index in [1.54, 1.807) is 17.1 Å². The number of hydrogen-bond acceptors (Lipinski definition) is 4. The van der Waals surface area contributed by atoms with Crippen LogP contribution >= 0.6 is 11.6 Å². The van der Waals surface area contributed by atoms with E-state index >= 15 is 0 Å². The molecule has 1 heterocycles. The molecule has 2 N–H and O–H groups in total. The molecule has 0 radical (unpaired) electrons. The van der Waals surface area contributed by atoms with Crippen LogP contribution in [0.25, 0.3) is 0 Å². The topological polar surface area (TPSA) is 88.9 Å². The molecule has 0 saturated heterocycles. The van der Waals surface area contributed by atoms with Gasteiger partial charge in [-0.3, -0.25) is 14.8 Å². The predicted octanol–water partition coefficient (Wildman–Crippen LogP) is -0.269. The summed E-state index contributed by atoms with van der Waals surface area (Å²) in [6, 6.07) is -0.572. The van der Waals surface area contributed by atoms with Gasteiger partial charge in [0.25, 0.3) is 0 Å². The molecule has 88 valence electrons. The maximum absolute atomic E-state index is 11.1. The van der Waals surface area contributed by atoms with Gasteiger partial charge in [-0.15, -0.1) is 16.7 Å². The average Bonchev–Trinajstić information content (AvgIpc) is 2.70. The molecule has 0 saturated carbocycles. The highest BCUT2D eigenvalue weighted by Gasteiger charge is 2.11. The van der Waals surface area contributed by atoms with Gasteiger partial charge in [-0.1, -0.05) is 5.21 Å². The van der Waals surface area contributed by atoms with E-state index in [2.05, 4.69) is 20.9 Å². The number of carbonyl (C=O) groups excluding carboxylic acids is 2. The molecule has 0 spiro atoms. The molecule has 7 nitrogen and oxygen atoms in total. The Bertz CT molecular complexity index is 351. The van der Waals surface area contributed by atoms with E-state index in [4.69, 9.17) is 11.6 Å². The first kappa shape index (κ1) is 12.4. The first-order valence-corrected chi connectivity index (χ1v) is 5.10. The summed E-state index contributed by atoms with van der Waals surface area (Å²) < 4.78 is 1.56. The first-order valence-electron chi connectivity index (χ1n) is 4.66. The van der Waals surface area contributed by atoms with Crippen LogP contribution in [0.3, 0.4) is 0 Å². The van der Waals surface area contributed by atoms with Crippen molar-refractivity contribution < 1.29 is 9.59 Å². The van der Waals surface area contributed by atoms with Crippen molar-refractivity contribution in [2.45, 2.75) is 18.8 Å². The lowest BCUT2D eigenvalue weighted by atomic mass is 10.4. The number of urea groups is 1. The molecule has 1 unspecified atom stereocenters. The lowest BCUT2D eigenvalue weighted by Gasteiger charge is -2.07. The minimum Gasteiger partial charge on any atom is -0.336 e. The van der Waals surface area contributed by atoms with Crippen LogP contribution in [0.2, 0.25) is 0 Å². The number of hydrogen-bond donors (Lipinski definition) is 2. The van der Waals surface area contributed by atoms with Gasteiger partial charge in [-0.25, -0.2) is 4.79 Å². The number of aromatic nitrogens is 3. The summed E-state index contributed by atoms with van der Waals surface area (Å²) in [5, 5.41) is 11.2. The highest BCUT2D eigenvalue weighted by molar-refractivity contribution is 6.31. The predicted molar refractivity (Wildman–Crippen MR) is 56.9 cm³/mol. The lowest BCUT2D eigenvalue weighted by Crippen LogP contribution is -2.43. The normalized spacial score (nSPS) is 11.9. The van der Waals surface area contributed by atoms with Gasteiger partial charge < -0.3 is 5.32 Å². The zero-order valence-corrected chi connectivity index (χ0v) is 9.44. The van der Waals surface area contributed by atoms with E-state index in [9.17, 15) is 9.59 Å². The third-order valence-electron chi connectivity index (χ3n) is 1.70. The number of rotatable bonds is 4. The zero-order valence-electron chi connectivity index (χ0n) is 8.68. The second kappa shape index (κ2) is 6.06. The van der Waals surface area contributed by atoms with Crippen molar-refractivity contribution in [2.75, 3.05) is 6.54 Å². The number of alkyl halides is 1. The van der Waals surface area contributed by atoms with E-state index in [0.717, 1.165) is 0 Å². The molecular formula is C8H12ClN5O2. The monoisotopic (exact) mass is 245 g/mol. The van der Waals surface area contributed by atoms with Crippen LogP contribution in [0.1, 0.15) is 6.92 Å². The van der Waals surface area contributed by atoms with Gasteiger partial charge in [0.2, 0.25) is 5.91 Å². The second-order valence-corrected chi connectivity index (χ2v) is 3.68. The number of amides is 3. The average molecular weight is 246 g/mol. The Morgan fingerprint density at radius 2 is 2.31 bits per heavy atom. The fourth-order valence-electron chi connectivity index (χ4n) is 0.892. The molecular weight excluding hydrogens is 234 g/mol. The fourth-order valence-corrected chi connectivity index (χ4v) is 0.946. The van der Waals surface area contributed by atoms with E-state index < -0.39 is 17.3 Å². The molecule has 3 amide bonds. The molecule has 0 aliphatic heterocycles. The van der Waals surface area contributed by atoms with Gasteiger partial charge in [0.15, 0.2) is 0 Å². The summed E-state index contributed by atoms with van der Waals surface area (Å²) in [5.41, 5.74) is 0. The second-order valence-electron chi connectivity index (χ2n) is 3.03. The van der Waals surface area contributed by atoms with Crippen LogP contribution in [-0.4, -0.2) is 38.9 Å².